The molecule has 1 aromatic carbocycles. The minimum Gasteiger partial charge on any atom is -0.399 e. The molecule has 1 heterocycles. The topological polar surface area (TPSA) is 59.1 Å². The summed E-state index contributed by atoms with van der Waals surface area (Å²) >= 11 is 0. The maximum absolute atomic E-state index is 9.35. The van der Waals surface area contributed by atoms with Crippen molar-refractivity contribution in [1.82, 2.24) is 4.98 Å². The van der Waals surface area contributed by atoms with Gasteiger partial charge in [0.1, 0.15) is 0 Å². The summed E-state index contributed by atoms with van der Waals surface area (Å²) in [6.45, 7) is 1.89. The van der Waals surface area contributed by atoms with E-state index in [4.69, 9.17) is 5.73 Å². The van der Waals surface area contributed by atoms with Gasteiger partial charge in [0.2, 0.25) is 0 Å². The van der Waals surface area contributed by atoms with Crippen LogP contribution < -0.4 is 5.73 Å². The molecule has 0 radical (unpaired) electrons. The first kappa shape index (κ1) is 10.6. The largest absolute Gasteiger partial charge is 0.399 e. The van der Waals surface area contributed by atoms with E-state index in [-0.39, 0.29) is 6.61 Å². The van der Waals surface area contributed by atoms with Crippen LogP contribution in [-0.4, -0.2) is 10.1 Å². The Morgan fingerprint density at radius 3 is 2.50 bits per heavy atom. The van der Waals surface area contributed by atoms with E-state index >= 15 is 0 Å². The van der Waals surface area contributed by atoms with Crippen molar-refractivity contribution in [2.24, 2.45) is 0 Å². The molecule has 2 aromatic rings. The zero-order valence-electron chi connectivity index (χ0n) is 9.14. The van der Waals surface area contributed by atoms with E-state index in [0.717, 1.165) is 28.1 Å². The molecule has 0 saturated carbocycles. The molecule has 0 aliphatic carbocycles. The Morgan fingerprint density at radius 2 is 1.88 bits per heavy atom. The van der Waals surface area contributed by atoms with Crippen molar-refractivity contribution in [2.45, 2.75) is 13.5 Å². The highest BCUT2D eigenvalue weighted by molar-refractivity contribution is 5.69. The van der Waals surface area contributed by atoms with Crippen molar-refractivity contribution in [1.29, 1.82) is 0 Å². The predicted octanol–water partition coefficient (Wildman–Crippen LogP) is 2.13. The molecular formula is C13H14N2O. The molecule has 0 aliphatic rings. The second-order valence-corrected chi connectivity index (χ2v) is 3.70. The Morgan fingerprint density at radius 1 is 1.19 bits per heavy atom. The summed E-state index contributed by atoms with van der Waals surface area (Å²) in [5.41, 5.74) is 10.2. The van der Waals surface area contributed by atoms with Crippen LogP contribution in [-0.2, 0) is 6.61 Å². The number of aliphatic hydroxyl groups is 1. The Hall–Kier alpha value is -1.87. The summed E-state index contributed by atoms with van der Waals surface area (Å²) in [5.74, 6) is 0. The lowest BCUT2D eigenvalue weighted by Gasteiger charge is -2.09. The first-order chi connectivity index (χ1) is 7.72. The standard InChI is InChI=1S/C13H14N2O/c1-9-13(8-16)12(6-7-15-9)10-2-4-11(14)5-3-10/h2-7,16H,8,14H2,1H3. The number of aromatic nitrogens is 1. The van der Waals surface area contributed by atoms with Crippen LogP contribution in [0.25, 0.3) is 11.1 Å². The number of pyridine rings is 1. The van der Waals surface area contributed by atoms with Crippen LogP contribution in [0.15, 0.2) is 36.5 Å². The van der Waals surface area contributed by atoms with Gasteiger partial charge in [-0.2, -0.15) is 0 Å². The Bertz CT molecular complexity index is 492. The van der Waals surface area contributed by atoms with Crippen molar-refractivity contribution >= 4 is 5.69 Å². The van der Waals surface area contributed by atoms with Gasteiger partial charge in [-0.1, -0.05) is 12.1 Å². The molecule has 0 unspecified atom stereocenters. The Balaban J connectivity index is 2.55. The zero-order valence-corrected chi connectivity index (χ0v) is 9.14. The first-order valence-corrected chi connectivity index (χ1v) is 5.13. The number of benzene rings is 1. The summed E-state index contributed by atoms with van der Waals surface area (Å²) in [6.07, 6.45) is 1.75. The smallest absolute Gasteiger partial charge is 0.0705 e. The molecule has 0 bridgehead atoms. The molecule has 0 amide bonds. The number of aliphatic hydroxyl groups excluding tert-OH is 1. The highest BCUT2D eigenvalue weighted by atomic mass is 16.3. The summed E-state index contributed by atoms with van der Waals surface area (Å²) in [4.78, 5) is 4.17. The average molecular weight is 214 g/mol. The molecular weight excluding hydrogens is 200 g/mol. The van der Waals surface area contributed by atoms with Gasteiger partial charge in [-0.15, -0.1) is 0 Å². The molecule has 1 aromatic heterocycles. The lowest BCUT2D eigenvalue weighted by atomic mass is 10.00. The molecule has 0 atom stereocenters. The van der Waals surface area contributed by atoms with Gasteiger partial charge in [0.25, 0.3) is 0 Å². The Kier molecular flexibility index (Phi) is 2.88. The molecule has 0 fully saturated rings. The van der Waals surface area contributed by atoms with E-state index < -0.39 is 0 Å². The van der Waals surface area contributed by atoms with E-state index in [0.29, 0.717) is 0 Å². The molecule has 3 heteroatoms. The fraction of sp³-hybridized carbons (Fsp3) is 0.154. The number of hydrogen-bond acceptors (Lipinski definition) is 3. The molecule has 16 heavy (non-hydrogen) atoms. The Labute approximate surface area is 94.6 Å². The number of aryl methyl sites for hydroxylation is 1. The van der Waals surface area contributed by atoms with Gasteiger partial charge in [-0.3, -0.25) is 4.98 Å². The second-order valence-electron chi connectivity index (χ2n) is 3.70. The highest BCUT2D eigenvalue weighted by Crippen LogP contribution is 2.25. The maximum Gasteiger partial charge on any atom is 0.0705 e. The van der Waals surface area contributed by atoms with Gasteiger partial charge in [-0.05, 0) is 36.2 Å². The van der Waals surface area contributed by atoms with Crippen molar-refractivity contribution < 1.29 is 5.11 Å². The molecule has 0 aliphatic heterocycles. The highest BCUT2D eigenvalue weighted by Gasteiger charge is 2.07. The molecule has 82 valence electrons. The van der Waals surface area contributed by atoms with E-state index in [9.17, 15) is 5.11 Å². The summed E-state index contributed by atoms with van der Waals surface area (Å²) < 4.78 is 0. The van der Waals surface area contributed by atoms with Gasteiger partial charge in [0.05, 0.1) is 6.61 Å². The van der Waals surface area contributed by atoms with Gasteiger partial charge in [0.15, 0.2) is 0 Å². The third kappa shape index (κ3) is 1.90. The van der Waals surface area contributed by atoms with E-state index in [1.807, 2.05) is 37.3 Å². The number of rotatable bonds is 2. The van der Waals surface area contributed by atoms with Crippen LogP contribution in [0.1, 0.15) is 11.3 Å². The van der Waals surface area contributed by atoms with Crippen molar-refractivity contribution in [3.05, 3.63) is 47.8 Å². The van der Waals surface area contributed by atoms with Gasteiger partial charge >= 0.3 is 0 Å². The summed E-state index contributed by atoms with van der Waals surface area (Å²) in [7, 11) is 0. The van der Waals surface area contributed by atoms with Crippen LogP contribution in [0.3, 0.4) is 0 Å². The number of nitrogen functional groups attached to an aromatic ring is 1. The lowest BCUT2D eigenvalue weighted by molar-refractivity contribution is 0.281. The molecule has 3 N–H and O–H groups in total. The van der Waals surface area contributed by atoms with Crippen LogP contribution in [0.2, 0.25) is 0 Å². The lowest BCUT2D eigenvalue weighted by Crippen LogP contribution is -1.96. The molecule has 0 spiro atoms. The van der Waals surface area contributed by atoms with Crippen molar-refractivity contribution in [3.63, 3.8) is 0 Å². The number of nitrogens with zero attached hydrogens (tertiary/aromatic N) is 1. The fourth-order valence-corrected chi connectivity index (χ4v) is 1.73. The van der Waals surface area contributed by atoms with Gasteiger partial charge in [-0.25, -0.2) is 0 Å². The minimum absolute atomic E-state index is 0.000612. The SMILES string of the molecule is Cc1nccc(-c2ccc(N)cc2)c1CO. The third-order valence-corrected chi connectivity index (χ3v) is 2.65. The predicted molar refractivity (Wildman–Crippen MR) is 64.7 cm³/mol. The molecule has 3 nitrogen and oxygen atoms in total. The van der Waals surface area contributed by atoms with Gasteiger partial charge in [0, 0.05) is 23.1 Å². The van der Waals surface area contributed by atoms with Crippen LogP contribution in [0, 0.1) is 6.92 Å². The summed E-state index contributed by atoms with van der Waals surface area (Å²) in [6, 6.07) is 9.51. The quantitative estimate of drug-likeness (QED) is 0.753. The zero-order chi connectivity index (χ0) is 11.5. The second kappa shape index (κ2) is 4.33. The van der Waals surface area contributed by atoms with Crippen molar-refractivity contribution in [2.75, 3.05) is 5.73 Å². The first-order valence-electron chi connectivity index (χ1n) is 5.13. The van der Waals surface area contributed by atoms with E-state index in [2.05, 4.69) is 4.98 Å². The summed E-state index contributed by atoms with van der Waals surface area (Å²) in [5, 5.41) is 9.35. The number of hydrogen-bond donors (Lipinski definition) is 2. The van der Waals surface area contributed by atoms with Crippen molar-refractivity contribution in [3.8, 4) is 11.1 Å². The number of nitrogens with two attached hydrogens (primary N) is 1. The van der Waals surface area contributed by atoms with E-state index in [1.165, 1.54) is 0 Å². The fourth-order valence-electron chi connectivity index (χ4n) is 1.73. The normalized spacial score (nSPS) is 10.4. The van der Waals surface area contributed by atoms with E-state index in [1.54, 1.807) is 6.20 Å². The number of anilines is 1. The third-order valence-electron chi connectivity index (χ3n) is 2.65. The van der Waals surface area contributed by atoms with Crippen LogP contribution in [0.5, 0.6) is 0 Å². The average Bonchev–Trinajstić information content (AvgIpc) is 2.30. The monoisotopic (exact) mass is 214 g/mol. The molecule has 0 saturated heterocycles. The maximum atomic E-state index is 9.35. The van der Waals surface area contributed by atoms with Crippen LogP contribution >= 0.6 is 0 Å². The molecule has 2 rings (SSSR count). The van der Waals surface area contributed by atoms with Gasteiger partial charge < -0.3 is 10.8 Å². The van der Waals surface area contributed by atoms with Crippen LogP contribution in [0.4, 0.5) is 5.69 Å². The minimum atomic E-state index is -0.000612.